The van der Waals surface area contributed by atoms with Crippen molar-refractivity contribution in [2.75, 3.05) is 25.0 Å². The Labute approximate surface area is 165 Å². The normalized spacial score (nSPS) is 11.4. The molecule has 0 spiro atoms. The lowest BCUT2D eigenvalue weighted by atomic mass is 10.2. The number of hydrogen-bond donors (Lipinski definition) is 1. The van der Waals surface area contributed by atoms with Gasteiger partial charge in [-0.25, -0.2) is 8.42 Å². The van der Waals surface area contributed by atoms with Gasteiger partial charge in [-0.05, 0) is 37.3 Å². The third-order valence-electron chi connectivity index (χ3n) is 3.93. The van der Waals surface area contributed by atoms with Crippen molar-refractivity contribution in [2.24, 2.45) is 0 Å². The average molecular weight is 411 g/mol. The maximum atomic E-state index is 12.7. The van der Waals surface area contributed by atoms with Crippen LogP contribution in [-0.4, -0.2) is 38.3 Å². The molecular weight excluding hydrogens is 388 g/mol. The van der Waals surface area contributed by atoms with Crippen LogP contribution in [0.4, 0.5) is 5.69 Å². The van der Waals surface area contributed by atoms with Gasteiger partial charge in [-0.2, -0.15) is 4.31 Å². The van der Waals surface area contributed by atoms with Crippen molar-refractivity contribution in [3.05, 3.63) is 53.1 Å². The van der Waals surface area contributed by atoms with Gasteiger partial charge in [-0.1, -0.05) is 31.5 Å². The Morgan fingerprint density at radius 1 is 1.11 bits per heavy atom. The highest BCUT2D eigenvalue weighted by Gasteiger charge is 2.24. The predicted molar refractivity (Wildman–Crippen MR) is 107 cm³/mol. The Balaban J connectivity index is 2.33. The number of ether oxygens (including phenoxy) is 1. The summed E-state index contributed by atoms with van der Waals surface area (Å²) in [5, 5.41) is 2.90. The largest absolute Gasteiger partial charge is 0.494 e. The summed E-state index contributed by atoms with van der Waals surface area (Å²) in [7, 11) is -3.69. The molecule has 0 heterocycles. The molecule has 0 atom stereocenters. The molecule has 0 fully saturated rings. The number of benzene rings is 2. The van der Waals surface area contributed by atoms with E-state index in [9.17, 15) is 13.2 Å². The molecule has 0 saturated heterocycles. The summed E-state index contributed by atoms with van der Waals surface area (Å²) < 4.78 is 32.1. The standard InChI is InChI=1S/C19H23ClN2O4S/c1-4-22(5-2)27(24,25)16-10-11-18(20)17(13-16)19(23)21-14-8-7-9-15(12-14)26-6-3/h7-13H,4-6H2,1-3H3,(H,21,23). The molecule has 6 nitrogen and oxygen atoms in total. The number of anilines is 1. The number of carbonyl (C=O) groups excluding carboxylic acids is 1. The van der Waals surface area contributed by atoms with Crippen molar-refractivity contribution in [3.63, 3.8) is 0 Å². The zero-order chi connectivity index (χ0) is 20.0. The van der Waals surface area contributed by atoms with E-state index in [0.717, 1.165) is 0 Å². The van der Waals surface area contributed by atoms with E-state index in [1.165, 1.54) is 22.5 Å². The molecule has 0 saturated carbocycles. The molecule has 0 aromatic heterocycles. The summed E-state index contributed by atoms with van der Waals surface area (Å²) in [4.78, 5) is 12.7. The Morgan fingerprint density at radius 2 is 1.81 bits per heavy atom. The Bertz CT molecular complexity index is 912. The highest BCUT2D eigenvalue weighted by Crippen LogP contribution is 2.25. The molecule has 0 aliphatic rings. The number of carbonyl (C=O) groups is 1. The molecule has 8 heteroatoms. The zero-order valence-corrected chi connectivity index (χ0v) is 17.1. The molecule has 0 bridgehead atoms. The molecule has 27 heavy (non-hydrogen) atoms. The minimum Gasteiger partial charge on any atom is -0.494 e. The molecule has 2 aromatic carbocycles. The number of nitrogens with zero attached hydrogens (tertiary/aromatic N) is 1. The van der Waals surface area contributed by atoms with Gasteiger partial charge in [0.05, 0.1) is 22.1 Å². The van der Waals surface area contributed by atoms with Crippen LogP contribution < -0.4 is 10.1 Å². The third kappa shape index (κ3) is 5.00. The van der Waals surface area contributed by atoms with Gasteiger partial charge < -0.3 is 10.1 Å². The number of amides is 1. The van der Waals surface area contributed by atoms with E-state index < -0.39 is 15.9 Å². The van der Waals surface area contributed by atoms with Crippen molar-refractivity contribution in [2.45, 2.75) is 25.7 Å². The first-order valence-corrected chi connectivity index (χ1v) is 10.5. The van der Waals surface area contributed by atoms with Gasteiger partial charge in [-0.3, -0.25) is 4.79 Å². The number of halogens is 1. The molecule has 0 radical (unpaired) electrons. The minimum absolute atomic E-state index is 0.0313. The predicted octanol–water partition coefficient (Wildman–Crippen LogP) is 4.02. The number of sulfonamides is 1. The number of hydrogen-bond acceptors (Lipinski definition) is 4. The summed E-state index contributed by atoms with van der Waals surface area (Å²) in [5.41, 5.74) is 0.616. The fourth-order valence-electron chi connectivity index (χ4n) is 2.58. The molecule has 0 aliphatic heterocycles. The first-order valence-electron chi connectivity index (χ1n) is 8.67. The van der Waals surface area contributed by atoms with Crippen LogP contribution in [0.2, 0.25) is 5.02 Å². The smallest absolute Gasteiger partial charge is 0.257 e. The molecule has 0 aliphatic carbocycles. The second kappa shape index (κ2) is 9.21. The summed E-state index contributed by atoms with van der Waals surface area (Å²) in [5.74, 6) is 0.129. The van der Waals surface area contributed by atoms with Gasteiger partial charge in [0.1, 0.15) is 5.75 Å². The molecule has 1 N–H and O–H groups in total. The monoisotopic (exact) mass is 410 g/mol. The maximum Gasteiger partial charge on any atom is 0.257 e. The molecular formula is C19H23ClN2O4S. The van der Waals surface area contributed by atoms with E-state index in [1.54, 1.807) is 38.1 Å². The van der Waals surface area contributed by atoms with Crippen molar-refractivity contribution in [1.82, 2.24) is 4.31 Å². The van der Waals surface area contributed by atoms with Crippen molar-refractivity contribution >= 4 is 33.2 Å². The Kier molecular flexibility index (Phi) is 7.24. The molecule has 2 rings (SSSR count). The van der Waals surface area contributed by atoms with Crippen molar-refractivity contribution in [3.8, 4) is 5.75 Å². The highest BCUT2D eigenvalue weighted by atomic mass is 35.5. The van der Waals surface area contributed by atoms with Gasteiger partial charge >= 0.3 is 0 Å². The Hall–Kier alpha value is -2.09. The van der Waals surface area contributed by atoms with Gasteiger partial charge in [0.15, 0.2) is 0 Å². The summed E-state index contributed by atoms with van der Waals surface area (Å²) in [6.07, 6.45) is 0. The van der Waals surface area contributed by atoms with Crippen LogP contribution in [0.1, 0.15) is 31.1 Å². The lowest BCUT2D eigenvalue weighted by Crippen LogP contribution is -2.30. The quantitative estimate of drug-likeness (QED) is 0.713. The average Bonchev–Trinajstić information content (AvgIpc) is 2.63. The lowest BCUT2D eigenvalue weighted by molar-refractivity contribution is 0.102. The van der Waals surface area contributed by atoms with E-state index in [1.807, 2.05) is 6.92 Å². The number of nitrogens with one attached hydrogen (secondary N) is 1. The van der Waals surface area contributed by atoms with Gasteiger partial charge in [0.2, 0.25) is 10.0 Å². The zero-order valence-electron chi connectivity index (χ0n) is 15.5. The summed E-state index contributed by atoms with van der Waals surface area (Å²) >= 11 is 6.14. The van der Waals surface area contributed by atoms with Gasteiger partial charge in [0, 0.05) is 24.8 Å². The van der Waals surface area contributed by atoms with E-state index in [4.69, 9.17) is 16.3 Å². The molecule has 146 valence electrons. The van der Waals surface area contributed by atoms with E-state index in [0.29, 0.717) is 31.1 Å². The van der Waals surface area contributed by atoms with Crippen LogP contribution in [0.15, 0.2) is 47.4 Å². The third-order valence-corrected chi connectivity index (χ3v) is 6.30. The Morgan fingerprint density at radius 3 is 2.44 bits per heavy atom. The second-order valence-electron chi connectivity index (χ2n) is 5.65. The molecule has 1 amide bonds. The van der Waals surface area contributed by atoms with Crippen LogP contribution in [0.3, 0.4) is 0 Å². The first-order chi connectivity index (χ1) is 12.8. The van der Waals surface area contributed by atoms with E-state index in [-0.39, 0.29) is 15.5 Å². The van der Waals surface area contributed by atoms with Crippen LogP contribution in [0.25, 0.3) is 0 Å². The topological polar surface area (TPSA) is 75.7 Å². The van der Waals surface area contributed by atoms with Gasteiger partial charge in [0.25, 0.3) is 5.91 Å². The fourth-order valence-corrected chi connectivity index (χ4v) is 4.27. The van der Waals surface area contributed by atoms with E-state index in [2.05, 4.69) is 5.32 Å². The second-order valence-corrected chi connectivity index (χ2v) is 7.99. The lowest BCUT2D eigenvalue weighted by Gasteiger charge is -2.19. The van der Waals surface area contributed by atoms with Crippen LogP contribution in [0, 0.1) is 0 Å². The van der Waals surface area contributed by atoms with Gasteiger partial charge in [-0.15, -0.1) is 0 Å². The number of rotatable bonds is 8. The van der Waals surface area contributed by atoms with Crippen LogP contribution in [0.5, 0.6) is 5.75 Å². The van der Waals surface area contributed by atoms with Crippen LogP contribution in [-0.2, 0) is 10.0 Å². The SMILES string of the molecule is CCOc1cccc(NC(=O)c2cc(S(=O)(=O)N(CC)CC)ccc2Cl)c1. The summed E-state index contributed by atoms with van der Waals surface area (Å²) in [6, 6.07) is 11.1. The highest BCUT2D eigenvalue weighted by molar-refractivity contribution is 7.89. The molecule has 0 unspecified atom stereocenters. The van der Waals surface area contributed by atoms with E-state index >= 15 is 0 Å². The maximum absolute atomic E-state index is 12.7. The molecule has 2 aromatic rings. The van der Waals surface area contributed by atoms with Crippen molar-refractivity contribution in [1.29, 1.82) is 0 Å². The fraction of sp³-hybridized carbons (Fsp3) is 0.316. The minimum atomic E-state index is -3.69. The van der Waals surface area contributed by atoms with Crippen molar-refractivity contribution < 1.29 is 17.9 Å². The van der Waals surface area contributed by atoms with Crippen LogP contribution >= 0.6 is 11.6 Å². The summed E-state index contributed by atoms with van der Waals surface area (Å²) in [6.45, 7) is 6.58. The first kappa shape index (κ1) is 21.2.